The molecule has 2 rings (SSSR count). The zero-order valence-electron chi connectivity index (χ0n) is 12.6. The van der Waals surface area contributed by atoms with Crippen LogP contribution >= 0.6 is 15.9 Å². The van der Waals surface area contributed by atoms with Crippen molar-refractivity contribution in [3.8, 4) is 0 Å². The molecule has 0 spiro atoms. The minimum Gasteiger partial charge on any atom is -0.306 e. The van der Waals surface area contributed by atoms with Gasteiger partial charge in [0.15, 0.2) is 0 Å². The van der Waals surface area contributed by atoms with Crippen LogP contribution in [0.5, 0.6) is 0 Å². The minimum atomic E-state index is -3.43. The van der Waals surface area contributed by atoms with E-state index in [1.54, 1.807) is 6.07 Å². The van der Waals surface area contributed by atoms with Gasteiger partial charge in [-0.25, -0.2) is 13.1 Å². The molecule has 0 saturated carbocycles. The van der Waals surface area contributed by atoms with Gasteiger partial charge in [0.2, 0.25) is 10.0 Å². The number of halogens is 1. The second-order valence-corrected chi connectivity index (χ2v) is 8.46. The monoisotopic (exact) mass is 374 g/mol. The molecule has 0 unspecified atom stereocenters. The Bertz CT molecular complexity index is 581. The van der Waals surface area contributed by atoms with Crippen molar-refractivity contribution in [3.05, 3.63) is 28.2 Å². The zero-order valence-corrected chi connectivity index (χ0v) is 15.0. The van der Waals surface area contributed by atoms with Gasteiger partial charge >= 0.3 is 0 Å². The summed E-state index contributed by atoms with van der Waals surface area (Å²) in [5.74, 6) is 0.630. The van der Waals surface area contributed by atoms with Gasteiger partial charge in [-0.05, 0) is 85.9 Å². The molecule has 0 bridgehead atoms. The Morgan fingerprint density at radius 1 is 1.33 bits per heavy atom. The Hall–Kier alpha value is -0.430. The van der Waals surface area contributed by atoms with E-state index in [2.05, 4.69) is 32.6 Å². The van der Waals surface area contributed by atoms with E-state index in [4.69, 9.17) is 0 Å². The van der Waals surface area contributed by atoms with E-state index in [0.717, 1.165) is 37.9 Å². The molecule has 0 amide bonds. The highest BCUT2D eigenvalue weighted by molar-refractivity contribution is 9.10. The number of aryl methyl sites for hydroxylation is 1. The summed E-state index contributed by atoms with van der Waals surface area (Å²) in [6.45, 7) is 4.67. The molecule has 0 aliphatic carbocycles. The summed E-state index contributed by atoms with van der Waals surface area (Å²) in [5, 5.41) is 0. The first kappa shape index (κ1) is 16.9. The number of nitrogens with one attached hydrogen (secondary N) is 1. The Kier molecular flexibility index (Phi) is 5.82. The van der Waals surface area contributed by atoms with E-state index in [-0.39, 0.29) is 0 Å². The fraction of sp³-hybridized carbons (Fsp3) is 0.600. The molecule has 4 nitrogen and oxygen atoms in total. The molecule has 1 aliphatic heterocycles. The van der Waals surface area contributed by atoms with Gasteiger partial charge in [0, 0.05) is 11.0 Å². The average molecular weight is 375 g/mol. The van der Waals surface area contributed by atoms with Gasteiger partial charge in [-0.15, -0.1) is 0 Å². The molecule has 6 heteroatoms. The second-order valence-electron chi connectivity index (χ2n) is 5.87. The summed E-state index contributed by atoms with van der Waals surface area (Å²) in [7, 11) is -1.29. The number of sulfonamides is 1. The summed E-state index contributed by atoms with van der Waals surface area (Å²) in [5.41, 5.74) is 1.03. The first-order valence-corrected chi connectivity index (χ1v) is 9.60. The van der Waals surface area contributed by atoms with Crippen molar-refractivity contribution in [1.29, 1.82) is 0 Å². The number of piperidine rings is 1. The molecule has 0 radical (unpaired) electrons. The van der Waals surface area contributed by atoms with Crippen molar-refractivity contribution in [2.24, 2.45) is 5.92 Å². The van der Waals surface area contributed by atoms with E-state index >= 15 is 0 Å². The van der Waals surface area contributed by atoms with Crippen LogP contribution in [0.2, 0.25) is 0 Å². The fourth-order valence-corrected chi connectivity index (χ4v) is 4.89. The molecule has 118 valence electrons. The van der Waals surface area contributed by atoms with Crippen molar-refractivity contribution in [2.75, 3.05) is 26.7 Å². The average Bonchev–Trinajstić information content (AvgIpc) is 2.40. The van der Waals surface area contributed by atoms with Gasteiger partial charge in [-0.3, -0.25) is 0 Å². The summed E-state index contributed by atoms with van der Waals surface area (Å²) in [6.07, 6.45) is 3.23. The molecular weight excluding hydrogens is 352 g/mol. The molecule has 1 N–H and O–H groups in total. The topological polar surface area (TPSA) is 49.4 Å². The van der Waals surface area contributed by atoms with Crippen molar-refractivity contribution in [2.45, 2.75) is 31.1 Å². The summed E-state index contributed by atoms with van der Waals surface area (Å²) in [6, 6.07) is 5.29. The summed E-state index contributed by atoms with van der Waals surface area (Å²) < 4.78 is 28.0. The van der Waals surface area contributed by atoms with Crippen molar-refractivity contribution < 1.29 is 8.42 Å². The highest BCUT2D eigenvalue weighted by Crippen LogP contribution is 2.23. The molecule has 1 aliphatic rings. The maximum atomic E-state index is 12.3. The first-order chi connectivity index (χ1) is 9.88. The SMILES string of the molecule is Cc1ccc(S(=O)(=O)NCCC2CCN(C)CC2)c(Br)c1. The van der Waals surface area contributed by atoms with E-state index in [9.17, 15) is 8.42 Å². The Morgan fingerprint density at radius 2 is 2.00 bits per heavy atom. The molecule has 1 aromatic carbocycles. The number of nitrogens with zero attached hydrogens (tertiary/aromatic N) is 1. The standard InChI is InChI=1S/C15H23BrN2O2S/c1-12-3-4-15(14(16)11-12)21(19,20)17-8-5-13-6-9-18(2)10-7-13/h3-4,11,13,17H,5-10H2,1-2H3. The molecule has 1 fully saturated rings. The van der Waals surface area contributed by atoms with Crippen LogP contribution in [0.15, 0.2) is 27.6 Å². The van der Waals surface area contributed by atoms with Crippen molar-refractivity contribution >= 4 is 26.0 Å². The minimum absolute atomic E-state index is 0.316. The van der Waals surface area contributed by atoms with Crippen LogP contribution in [0.3, 0.4) is 0 Å². The second kappa shape index (κ2) is 7.22. The Labute approximate surface area is 136 Å². The highest BCUT2D eigenvalue weighted by atomic mass is 79.9. The van der Waals surface area contributed by atoms with Gasteiger partial charge in [0.05, 0.1) is 4.90 Å². The molecule has 0 aromatic heterocycles. The predicted molar refractivity (Wildman–Crippen MR) is 88.9 cm³/mol. The Balaban J connectivity index is 1.89. The maximum absolute atomic E-state index is 12.3. The van der Waals surface area contributed by atoms with Crippen LogP contribution in [0.1, 0.15) is 24.8 Å². The van der Waals surface area contributed by atoms with Crippen LogP contribution in [-0.2, 0) is 10.0 Å². The van der Waals surface area contributed by atoms with Gasteiger partial charge in [-0.2, -0.15) is 0 Å². The third-order valence-electron chi connectivity index (χ3n) is 4.06. The summed E-state index contributed by atoms with van der Waals surface area (Å²) in [4.78, 5) is 2.64. The summed E-state index contributed by atoms with van der Waals surface area (Å²) >= 11 is 3.33. The van der Waals surface area contributed by atoms with Gasteiger partial charge < -0.3 is 4.90 Å². The van der Waals surface area contributed by atoms with Crippen LogP contribution in [-0.4, -0.2) is 40.0 Å². The van der Waals surface area contributed by atoms with Gasteiger partial charge in [0.1, 0.15) is 0 Å². The van der Waals surface area contributed by atoms with E-state index < -0.39 is 10.0 Å². The largest absolute Gasteiger partial charge is 0.306 e. The third kappa shape index (κ3) is 4.77. The smallest absolute Gasteiger partial charge is 0.241 e. The number of hydrogen-bond donors (Lipinski definition) is 1. The lowest BCUT2D eigenvalue weighted by molar-refractivity contribution is 0.213. The molecule has 1 aromatic rings. The normalized spacial score (nSPS) is 18.0. The van der Waals surface area contributed by atoms with Crippen LogP contribution in [0, 0.1) is 12.8 Å². The van der Waals surface area contributed by atoms with Crippen molar-refractivity contribution in [3.63, 3.8) is 0 Å². The highest BCUT2D eigenvalue weighted by Gasteiger charge is 2.20. The Morgan fingerprint density at radius 3 is 2.62 bits per heavy atom. The van der Waals surface area contributed by atoms with E-state index in [0.29, 0.717) is 21.8 Å². The zero-order chi connectivity index (χ0) is 15.5. The van der Waals surface area contributed by atoms with E-state index in [1.165, 1.54) is 0 Å². The predicted octanol–water partition coefficient (Wildman–Crippen LogP) is 2.77. The lowest BCUT2D eigenvalue weighted by Crippen LogP contribution is -2.32. The number of hydrogen-bond acceptors (Lipinski definition) is 3. The molecule has 1 heterocycles. The van der Waals surface area contributed by atoms with Crippen LogP contribution in [0.4, 0.5) is 0 Å². The lowest BCUT2D eigenvalue weighted by Gasteiger charge is -2.28. The fourth-order valence-electron chi connectivity index (χ4n) is 2.65. The molecule has 21 heavy (non-hydrogen) atoms. The van der Waals surface area contributed by atoms with Gasteiger partial charge in [-0.1, -0.05) is 6.07 Å². The lowest BCUT2D eigenvalue weighted by atomic mass is 9.94. The molecule has 0 atom stereocenters. The number of benzene rings is 1. The van der Waals surface area contributed by atoms with Crippen LogP contribution in [0.25, 0.3) is 0 Å². The number of likely N-dealkylation sites (tertiary alicyclic amines) is 1. The first-order valence-electron chi connectivity index (χ1n) is 7.33. The quantitative estimate of drug-likeness (QED) is 0.861. The van der Waals surface area contributed by atoms with Crippen molar-refractivity contribution in [1.82, 2.24) is 9.62 Å². The molecule has 1 saturated heterocycles. The maximum Gasteiger partial charge on any atom is 0.241 e. The van der Waals surface area contributed by atoms with Gasteiger partial charge in [0.25, 0.3) is 0 Å². The molecular formula is C15H23BrN2O2S. The van der Waals surface area contributed by atoms with Crippen LogP contribution < -0.4 is 4.72 Å². The number of rotatable bonds is 5. The third-order valence-corrected chi connectivity index (χ3v) is 6.50. The van der Waals surface area contributed by atoms with E-state index in [1.807, 2.05) is 19.1 Å².